The first kappa shape index (κ1) is 21.3. The average molecular weight is 455 g/mol. The lowest BCUT2D eigenvalue weighted by atomic mass is 10.1. The Morgan fingerprint density at radius 2 is 1.84 bits per heavy atom. The predicted octanol–water partition coefficient (Wildman–Crippen LogP) is 3.97. The molecule has 1 amide bonds. The van der Waals surface area contributed by atoms with E-state index in [1.54, 1.807) is 19.1 Å². The second-order valence-corrected chi connectivity index (χ2v) is 9.71. The van der Waals surface area contributed by atoms with Crippen LogP contribution in [0.1, 0.15) is 19.4 Å². The molecule has 9 heteroatoms. The van der Waals surface area contributed by atoms with Crippen LogP contribution >= 0.6 is 11.8 Å². The minimum atomic E-state index is -3.72. The molecule has 4 rings (SSSR count). The highest BCUT2D eigenvalue weighted by molar-refractivity contribution is 7.99. The van der Waals surface area contributed by atoms with Crippen molar-refractivity contribution in [2.24, 2.45) is 0 Å². The largest absolute Gasteiger partial charge is 0.325 e. The number of amides is 1. The SMILES string of the molecule is CCc1ccc(NC(=O)CSc2ncc3c(n2)-c2ccccc2N(CC)S3(=O)=O)cc1. The Kier molecular flexibility index (Phi) is 5.97. The third kappa shape index (κ3) is 4.15. The summed E-state index contributed by atoms with van der Waals surface area (Å²) in [5.74, 6) is -0.0650. The van der Waals surface area contributed by atoms with Gasteiger partial charge in [-0.1, -0.05) is 49.0 Å². The highest BCUT2D eigenvalue weighted by Crippen LogP contribution is 2.41. The van der Waals surface area contributed by atoms with E-state index in [1.807, 2.05) is 36.4 Å². The number of hydrogen-bond donors (Lipinski definition) is 1. The van der Waals surface area contributed by atoms with Crippen LogP contribution in [0.2, 0.25) is 0 Å². The molecule has 160 valence electrons. The van der Waals surface area contributed by atoms with Crippen LogP contribution in [-0.2, 0) is 21.2 Å². The van der Waals surface area contributed by atoms with Crippen molar-refractivity contribution in [2.75, 3.05) is 21.9 Å². The molecule has 0 unspecified atom stereocenters. The van der Waals surface area contributed by atoms with Crippen molar-refractivity contribution in [3.63, 3.8) is 0 Å². The molecular weight excluding hydrogens is 432 g/mol. The van der Waals surface area contributed by atoms with Gasteiger partial charge in [0.05, 0.1) is 23.3 Å². The fourth-order valence-corrected chi connectivity index (χ4v) is 5.63. The number of hydrogen-bond acceptors (Lipinski definition) is 6. The number of fused-ring (bicyclic) bond motifs is 3. The van der Waals surface area contributed by atoms with Crippen molar-refractivity contribution < 1.29 is 13.2 Å². The molecule has 2 aromatic carbocycles. The Morgan fingerprint density at radius 3 is 2.55 bits per heavy atom. The van der Waals surface area contributed by atoms with Crippen LogP contribution in [0.4, 0.5) is 11.4 Å². The van der Waals surface area contributed by atoms with E-state index in [1.165, 1.54) is 27.8 Å². The summed E-state index contributed by atoms with van der Waals surface area (Å²) in [6.07, 6.45) is 2.27. The minimum Gasteiger partial charge on any atom is -0.325 e. The summed E-state index contributed by atoms with van der Waals surface area (Å²) < 4.78 is 27.4. The molecule has 0 spiro atoms. The Labute approximate surface area is 186 Å². The summed E-state index contributed by atoms with van der Waals surface area (Å²) in [6, 6.07) is 15.0. The van der Waals surface area contributed by atoms with Gasteiger partial charge < -0.3 is 5.32 Å². The number of thioether (sulfide) groups is 1. The van der Waals surface area contributed by atoms with E-state index in [0.29, 0.717) is 23.1 Å². The number of aryl methyl sites for hydroxylation is 1. The van der Waals surface area contributed by atoms with Crippen molar-refractivity contribution in [1.82, 2.24) is 9.97 Å². The first-order valence-electron chi connectivity index (χ1n) is 9.94. The lowest BCUT2D eigenvalue weighted by Gasteiger charge is -2.30. The zero-order chi connectivity index (χ0) is 22.0. The zero-order valence-corrected chi connectivity index (χ0v) is 18.8. The average Bonchev–Trinajstić information content (AvgIpc) is 2.78. The molecule has 1 N–H and O–H groups in total. The fraction of sp³-hybridized carbons (Fsp3) is 0.227. The van der Waals surface area contributed by atoms with Crippen molar-refractivity contribution in [3.05, 3.63) is 60.3 Å². The summed E-state index contributed by atoms with van der Waals surface area (Å²) in [5.41, 5.74) is 3.63. The summed E-state index contributed by atoms with van der Waals surface area (Å²) in [4.78, 5) is 21.1. The molecule has 1 aliphatic heterocycles. The van der Waals surface area contributed by atoms with E-state index in [9.17, 15) is 13.2 Å². The summed E-state index contributed by atoms with van der Waals surface area (Å²) >= 11 is 1.17. The summed E-state index contributed by atoms with van der Waals surface area (Å²) in [5, 5.41) is 3.20. The van der Waals surface area contributed by atoms with Crippen molar-refractivity contribution in [1.29, 1.82) is 0 Å². The van der Waals surface area contributed by atoms with E-state index >= 15 is 0 Å². The number of anilines is 2. The second-order valence-electron chi connectivity index (χ2n) is 6.94. The number of para-hydroxylation sites is 1. The van der Waals surface area contributed by atoms with E-state index < -0.39 is 10.0 Å². The Bertz CT molecular complexity index is 1230. The Hall–Kier alpha value is -2.91. The third-order valence-electron chi connectivity index (χ3n) is 4.99. The van der Waals surface area contributed by atoms with E-state index in [4.69, 9.17) is 0 Å². The Morgan fingerprint density at radius 1 is 1.10 bits per heavy atom. The molecule has 1 aromatic heterocycles. The van der Waals surface area contributed by atoms with Crippen molar-refractivity contribution in [3.8, 4) is 11.3 Å². The number of rotatable bonds is 6. The molecule has 7 nitrogen and oxygen atoms in total. The quantitative estimate of drug-likeness (QED) is 0.448. The molecule has 0 saturated carbocycles. The number of carbonyl (C=O) groups is 1. The summed E-state index contributed by atoms with van der Waals surface area (Å²) in [7, 11) is -3.72. The maximum Gasteiger partial charge on any atom is 0.268 e. The van der Waals surface area contributed by atoms with Crippen LogP contribution in [0.5, 0.6) is 0 Å². The standard InChI is InChI=1S/C22H22N4O3S2/c1-3-15-9-11-16(12-10-15)24-20(27)14-30-22-23-13-19-21(25-22)17-7-5-6-8-18(17)26(4-2)31(19,28)29/h5-13H,3-4,14H2,1-2H3,(H,24,27). The van der Waals surface area contributed by atoms with Gasteiger partial charge >= 0.3 is 0 Å². The maximum absolute atomic E-state index is 13.0. The van der Waals surface area contributed by atoms with Gasteiger partial charge in [0.2, 0.25) is 5.91 Å². The summed E-state index contributed by atoms with van der Waals surface area (Å²) in [6.45, 7) is 4.18. The first-order chi connectivity index (χ1) is 14.9. The first-order valence-corrected chi connectivity index (χ1v) is 12.4. The second kappa shape index (κ2) is 8.68. The van der Waals surface area contributed by atoms with Gasteiger partial charge in [0, 0.05) is 17.8 Å². The van der Waals surface area contributed by atoms with Gasteiger partial charge in [0.25, 0.3) is 10.0 Å². The molecule has 2 heterocycles. The van der Waals surface area contributed by atoms with Crippen LogP contribution in [0, 0.1) is 0 Å². The number of benzene rings is 2. The van der Waals surface area contributed by atoms with E-state index in [0.717, 1.165) is 17.7 Å². The monoisotopic (exact) mass is 454 g/mol. The van der Waals surface area contributed by atoms with Gasteiger partial charge in [-0.3, -0.25) is 9.10 Å². The smallest absolute Gasteiger partial charge is 0.268 e. The van der Waals surface area contributed by atoms with Crippen molar-refractivity contribution in [2.45, 2.75) is 30.3 Å². The highest BCUT2D eigenvalue weighted by atomic mass is 32.2. The van der Waals surface area contributed by atoms with E-state index in [-0.39, 0.29) is 16.6 Å². The molecule has 0 bridgehead atoms. The number of sulfonamides is 1. The van der Waals surface area contributed by atoms with Gasteiger partial charge in [-0.05, 0) is 37.1 Å². The fourth-order valence-electron chi connectivity index (χ4n) is 3.44. The number of nitrogens with zero attached hydrogens (tertiary/aromatic N) is 3. The number of nitrogens with one attached hydrogen (secondary N) is 1. The normalized spacial score (nSPS) is 13.9. The molecule has 3 aromatic rings. The van der Waals surface area contributed by atoms with Crippen LogP contribution in [0.15, 0.2) is 64.8 Å². The van der Waals surface area contributed by atoms with Crippen LogP contribution in [0.3, 0.4) is 0 Å². The van der Waals surface area contributed by atoms with Gasteiger partial charge in [0.1, 0.15) is 4.90 Å². The van der Waals surface area contributed by atoms with E-state index in [2.05, 4.69) is 22.2 Å². The lowest BCUT2D eigenvalue weighted by Crippen LogP contribution is -2.34. The number of carbonyl (C=O) groups excluding carboxylic acids is 1. The van der Waals surface area contributed by atoms with Gasteiger partial charge in [-0.2, -0.15) is 0 Å². The lowest BCUT2D eigenvalue weighted by molar-refractivity contribution is -0.113. The molecule has 31 heavy (non-hydrogen) atoms. The maximum atomic E-state index is 13.0. The van der Waals surface area contributed by atoms with Gasteiger partial charge in [0.15, 0.2) is 5.16 Å². The molecule has 0 fully saturated rings. The highest BCUT2D eigenvalue weighted by Gasteiger charge is 2.35. The Balaban J connectivity index is 1.54. The molecule has 0 radical (unpaired) electrons. The molecular formula is C22H22N4O3S2. The topological polar surface area (TPSA) is 92.3 Å². The number of aromatic nitrogens is 2. The molecule has 0 atom stereocenters. The molecule has 0 aliphatic carbocycles. The van der Waals surface area contributed by atoms with Crippen molar-refractivity contribution >= 4 is 39.1 Å². The molecule has 1 aliphatic rings. The minimum absolute atomic E-state index is 0.0814. The van der Waals surface area contributed by atoms with Gasteiger partial charge in [-0.25, -0.2) is 18.4 Å². The predicted molar refractivity (Wildman–Crippen MR) is 123 cm³/mol. The van der Waals surface area contributed by atoms with Crippen LogP contribution < -0.4 is 9.62 Å². The third-order valence-corrected chi connectivity index (χ3v) is 7.75. The van der Waals surface area contributed by atoms with Crippen LogP contribution in [0.25, 0.3) is 11.3 Å². The molecule has 0 saturated heterocycles. The van der Waals surface area contributed by atoms with Crippen LogP contribution in [-0.4, -0.2) is 36.6 Å². The van der Waals surface area contributed by atoms with Gasteiger partial charge in [-0.15, -0.1) is 0 Å². The zero-order valence-electron chi connectivity index (χ0n) is 17.2.